The largest absolute Gasteiger partial charge is 0.234 e. The van der Waals surface area contributed by atoms with Gasteiger partial charge in [-0.05, 0) is 24.0 Å². The molecule has 2 radical (unpaired) electrons. The first-order valence-corrected chi connectivity index (χ1v) is 5.78. The highest BCUT2D eigenvalue weighted by atomic mass is 28.2. The summed E-state index contributed by atoms with van der Waals surface area (Å²) in [5.41, 5.74) is 1.70. The molecule has 0 aromatic heterocycles. The van der Waals surface area contributed by atoms with Crippen LogP contribution in [0.3, 0.4) is 0 Å². The van der Waals surface area contributed by atoms with Gasteiger partial charge in [-0.2, -0.15) is 0 Å². The highest BCUT2D eigenvalue weighted by molar-refractivity contribution is 6.50. The number of carbonyl (C=O) groups excluding carboxylic acids is 1. The van der Waals surface area contributed by atoms with Gasteiger partial charge in [0, 0.05) is 5.20 Å². The van der Waals surface area contributed by atoms with Gasteiger partial charge in [0.05, 0.1) is 9.52 Å². The Kier molecular flexibility index (Phi) is 5.68. The van der Waals surface area contributed by atoms with Crippen LogP contribution in [-0.4, -0.2) is 15.5 Å². The molecule has 0 N–H and O–H groups in total. The number of allylic oxidation sites excluding steroid dienone is 3. The second-order valence-electron chi connectivity index (χ2n) is 3.67. The summed E-state index contributed by atoms with van der Waals surface area (Å²) >= 11 is 0. The molecule has 0 atom stereocenters. The van der Waals surface area contributed by atoms with Crippen LogP contribution in [0.1, 0.15) is 34.6 Å². The van der Waals surface area contributed by atoms with Crippen molar-refractivity contribution in [2.45, 2.75) is 40.2 Å². The standard InChI is InChI=1S/C11H18OSi/c1-6-10(8(2)3)11(7-12)13-9(4)5/h6,8-9H,1-5H3/b10-6-. The van der Waals surface area contributed by atoms with E-state index in [0.29, 0.717) is 21.0 Å². The molecule has 0 aliphatic heterocycles. The van der Waals surface area contributed by atoms with Gasteiger partial charge in [0.15, 0.2) is 0 Å². The Hall–Kier alpha value is -0.593. The van der Waals surface area contributed by atoms with E-state index in [9.17, 15) is 4.79 Å². The predicted molar refractivity (Wildman–Crippen MR) is 58.7 cm³/mol. The number of hydrogen-bond acceptors (Lipinski definition) is 1. The lowest BCUT2D eigenvalue weighted by molar-refractivity contribution is 0.567. The molecule has 0 aromatic rings. The van der Waals surface area contributed by atoms with Gasteiger partial charge in [-0.15, -0.1) is 0 Å². The summed E-state index contributed by atoms with van der Waals surface area (Å²) in [6, 6.07) is 0. The van der Waals surface area contributed by atoms with Crippen LogP contribution in [0.5, 0.6) is 0 Å². The summed E-state index contributed by atoms with van der Waals surface area (Å²) in [7, 11) is 0.584. The minimum absolute atomic E-state index is 0.424. The summed E-state index contributed by atoms with van der Waals surface area (Å²) in [5, 5.41) is 0.868. The molecule has 0 heterocycles. The van der Waals surface area contributed by atoms with Crippen molar-refractivity contribution in [1.29, 1.82) is 0 Å². The van der Waals surface area contributed by atoms with Crippen LogP contribution in [0.2, 0.25) is 5.54 Å². The van der Waals surface area contributed by atoms with E-state index in [-0.39, 0.29) is 0 Å². The maximum atomic E-state index is 10.7. The minimum atomic E-state index is 0.424. The summed E-state index contributed by atoms with van der Waals surface area (Å²) in [6.45, 7) is 10.5. The van der Waals surface area contributed by atoms with Crippen molar-refractivity contribution >= 4 is 15.5 Å². The van der Waals surface area contributed by atoms with Gasteiger partial charge in [0.2, 0.25) is 0 Å². The van der Waals surface area contributed by atoms with Crippen LogP contribution < -0.4 is 0 Å². The lowest BCUT2D eigenvalue weighted by Crippen LogP contribution is -2.08. The maximum Gasteiger partial charge on any atom is 0.123 e. The molecule has 1 nitrogen and oxygen atoms in total. The Morgan fingerprint density at radius 2 is 1.85 bits per heavy atom. The molecule has 0 aliphatic rings. The topological polar surface area (TPSA) is 17.1 Å². The molecule has 0 fully saturated rings. The highest BCUT2D eigenvalue weighted by Gasteiger charge is 2.11. The van der Waals surface area contributed by atoms with E-state index in [1.165, 1.54) is 0 Å². The Balaban J connectivity index is 4.68. The normalized spacial score (nSPS) is 12.1. The molecule has 2 heteroatoms. The highest BCUT2D eigenvalue weighted by Crippen LogP contribution is 2.19. The molecule has 0 spiro atoms. The third kappa shape index (κ3) is 4.25. The molecule has 0 amide bonds. The monoisotopic (exact) mass is 194 g/mol. The zero-order valence-corrected chi connectivity index (χ0v) is 10.1. The second-order valence-corrected chi connectivity index (χ2v) is 5.62. The first-order valence-electron chi connectivity index (χ1n) is 4.71. The van der Waals surface area contributed by atoms with Crippen LogP contribution in [0.4, 0.5) is 0 Å². The lowest BCUT2D eigenvalue weighted by atomic mass is 10.0. The van der Waals surface area contributed by atoms with Crippen LogP contribution >= 0.6 is 0 Å². The molecular weight excluding hydrogens is 176 g/mol. The maximum absolute atomic E-state index is 10.7. The molecule has 0 unspecified atom stereocenters. The van der Waals surface area contributed by atoms with Gasteiger partial charge >= 0.3 is 0 Å². The van der Waals surface area contributed by atoms with Gasteiger partial charge in [-0.3, -0.25) is 0 Å². The van der Waals surface area contributed by atoms with Crippen molar-refractivity contribution in [3.8, 4) is 0 Å². The summed E-state index contributed by atoms with van der Waals surface area (Å²) in [5.74, 6) is 2.50. The van der Waals surface area contributed by atoms with Crippen molar-refractivity contribution < 1.29 is 4.79 Å². The number of hydrogen-bond donors (Lipinski definition) is 0. The molecule has 0 saturated heterocycles. The van der Waals surface area contributed by atoms with E-state index >= 15 is 0 Å². The van der Waals surface area contributed by atoms with E-state index < -0.39 is 0 Å². The quantitative estimate of drug-likeness (QED) is 0.382. The molecular formula is C11H18OSi. The lowest BCUT2D eigenvalue weighted by Gasteiger charge is -2.12. The molecule has 0 aliphatic carbocycles. The first-order chi connectivity index (χ1) is 6.02. The van der Waals surface area contributed by atoms with Crippen molar-refractivity contribution in [2.24, 2.45) is 5.92 Å². The molecule has 72 valence electrons. The Bertz CT molecular complexity index is 232. The van der Waals surface area contributed by atoms with E-state index in [4.69, 9.17) is 0 Å². The fraction of sp³-hybridized carbons (Fsp3) is 0.636. The molecule has 0 saturated carbocycles. The second kappa shape index (κ2) is 5.95. The average molecular weight is 194 g/mol. The molecule has 0 aromatic carbocycles. The van der Waals surface area contributed by atoms with Gasteiger partial charge in [-0.1, -0.05) is 33.8 Å². The molecule has 0 rings (SSSR count). The Morgan fingerprint density at radius 3 is 2.08 bits per heavy atom. The van der Waals surface area contributed by atoms with E-state index in [1.807, 2.05) is 13.0 Å². The Labute approximate surface area is 83.7 Å². The zero-order chi connectivity index (χ0) is 10.4. The van der Waals surface area contributed by atoms with Crippen molar-refractivity contribution in [3.63, 3.8) is 0 Å². The first kappa shape index (κ1) is 12.4. The smallest absolute Gasteiger partial charge is 0.123 e. The van der Waals surface area contributed by atoms with Crippen LogP contribution in [0.15, 0.2) is 16.8 Å². The third-order valence-corrected chi connectivity index (χ3v) is 3.01. The van der Waals surface area contributed by atoms with E-state index in [1.54, 1.807) is 0 Å². The van der Waals surface area contributed by atoms with Crippen LogP contribution in [0.25, 0.3) is 0 Å². The summed E-state index contributed by atoms with van der Waals surface area (Å²) < 4.78 is 0. The van der Waals surface area contributed by atoms with Crippen molar-refractivity contribution in [3.05, 3.63) is 16.8 Å². The zero-order valence-electron chi connectivity index (χ0n) is 9.14. The van der Waals surface area contributed by atoms with Crippen molar-refractivity contribution in [2.75, 3.05) is 0 Å². The SMILES string of the molecule is C/C=C(\C(=C=O)[Si]C(C)C)C(C)C. The Morgan fingerprint density at radius 1 is 1.31 bits per heavy atom. The fourth-order valence-electron chi connectivity index (χ4n) is 1.23. The van der Waals surface area contributed by atoms with E-state index in [0.717, 1.165) is 10.8 Å². The van der Waals surface area contributed by atoms with Crippen molar-refractivity contribution in [1.82, 2.24) is 0 Å². The number of rotatable bonds is 4. The molecule has 0 bridgehead atoms. The van der Waals surface area contributed by atoms with Crippen LogP contribution in [-0.2, 0) is 4.79 Å². The fourth-order valence-corrected chi connectivity index (χ4v) is 2.46. The van der Waals surface area contributed by atoms with Gasteiger partial charge in [-0.25, -0.2) is 4.79 Å². The van der Waals surface area contributed by atoms with Gasteiger partial charge in [0.25, 0.3) is 0 Å². The molecule has 13 heavy (non-hydrogen) atoms. The summed E-state index contributed by atoms with van der Waals surface area (Å²) in [4.78, 5) is 10.7. The van der Waals surface area contributed by atoms with Crippen LogP contribution in [0, 0.1) is 5.92 Å². The third-order valence-electron chi connectivity index (χ3n) is 1.76. The predicted octanol–water partition coefficient (Wildman–Crippen LogP) is 2.84. The summed E-state index contributed by atoms with van der Waals surface area (Å²) in [6.07, 6.45) is 2.03. The van der Waals surface area contributed by atoms with Gasteiger partial charge in [0.1, 0.15) is 5.94 Å². The van der Waals surface area contributed by atoms with Gasteiger partial charge < -0.3 is 0 Å². The van der Waals surface area contributed by atoms with E-state index in [2.05, 4.69) is 33.6 Å². The minimum Gasteiger partial charge on any atom is -0.234 e. The average Bonchev–Trinajstić information content (AvgIpc) is 2.02.